The minimum absolute atomic E-state index is 0.0430. The van der Waals surface area contributed by atoms with Crippen LogP contribution in [-0.2, 0) is 20.9 Å². The summed E-state index contributed by atoms with van der Waals surface area (Å²) in [5.74, 6) is -0.174. The predicted octanol–water partition coefficient (Wildman–Crippen LogP) is 1.83. The fourth-order valence-corrected chi connectivity index (χ4v) is 5.49. The molecule has 4 atom stereocenters. The maximum Gasteiger partial charge on any atom is 0.252 e. The number of nitrogens with one attached hydrogen (secondary N) is 1. The van der Waals surface area contributed by atoms with E-state index >= 15 is 0 Å². The van der Waals surface area contributed by atoms with Crippen LogP contribution in [0.4, 0.5) is 0 Å². The Kier molecular flexibility index (Phi) is 9.99. The lowest BCUT2D eigenvalue weighted by Gasteiger charge is -2.41. The smallest absolute Gasteiger partial charge is 0.252 e. The number of benzene rings is 1. The number of furan rings is 1. The maximum absolute atomic E-state index is 13.7. The van der Waals surface area contributed by atoms with E-state index in [9.17, 15) is 24.6 Å². The van der Waals surface area contributed by atoms with Crippen LogP contribution in [0.2, 0.25) is 0 Å². The van der Waals surface area contributed by atoms with Crippen molar-refractivity contribution in [1.29, 1.82) is 0 Å². The van der Waals surface area contributed by atoms with E-state index in [-0.39, 0.29) is 43.5 Å². The summed E-state index contributed by atoms with van der Waals surface area (Å²) in [6.07, 6.45) is 3.64. The lowest BCUT2D eigenvalue weighted by atomic mass is 9.87. The molecule has 12 heteroatoms. The first-order valence-corrected chi connectivity index (χ1v) is 13.6. The quantitative estimate of drug-likeness (QED) is 0.244. The average Bonchev–Trinajstić information content (AvgIpc) is 3.67. The monoisotopic (exact) mass is 654 g/mol. The molecule has 1 aliphatic heterocycles. The molecule has 2 amide bonds. The van der Waals surface area contributed by atoms with Gasteiger partial charge in [0.05, 0.1) is 35.9 Å². The van der Waals surface area contributed by atoms with Crippen molar-refractivity contribution in [2.45, 2.75) is 50.2 Å². The number of aliphatic hydroxyl groups excluding tert-OH is 2. The van der Waals surface area contributed by atoms with Gasteiger partial charge in [-0.3, -0.25) is 14.4 Å². The van der Waals surface area contributed by atoms with Gasteiger partial charge in [0.2, 0.25) is 5.91 Å². The summed E-state index contributed by atoms with van der Waals surface area (Å²) in [7, 11) is 1.43. The number of hydrogen-bond acceptors (Lipinski definition) is 9. The summed E-state index contributed by atoms with van der Waals surface area (Å²) in [6, 6.07) is 4.01. The van der Waals surface area contributed by atoms with Crippen LogP contribution in [0.25, 0.3) is 0 Å². The first kappa shape index (κ1) is 29.1. The number of aliphatic hydroxyl groups is 2. The second-order valence-electron chi connectivity index (χ2n) is 9.27. The van der Waals surface area contributed by atoms with Crippen LogP contribution in [0, 0.1) is 3.57 Å². The molecule has 0 saturated carbocycles. The van der Waals surface area contributed by atoms with Crippen LogP contribution in [0.1, 0.15) is 35.2 Å². The van der Waals surface area contributed by atoms with Crippen LogP contribution < -0.4 is 14.8 Å². The Morgan fingerprint density at radius 2 is 2.15 bits per heavy atom. The minimum atomic E-state index is -1.23. The minimum Gasteiger partial charge on any atom is -0.493 e. The molecule has 1 fully saturated rings. The van der Waals surface area contributed by atoms with Crippen molar-refractivity contribution in [2.24, 2.45) is 0 Å². The lowest BCUT2D eigenvalue weighted by Crippen LogP contribution is -2.56. The Morgan fingerprint density at radius 1 is 1.33 bits per heavy atom. The second-order valence-corrected chi connectivity index (χ2v) is 10.4. The summed E-state index contributed by atoms with van der Waals surface area (Å²) in [5, 5.41) is 23.4. The summed E-state index contributed by atoms with van der Waals surface area (Å²) in [5.41, 5.74) is 1.39. The molecule has 11 nitrogen and oxygen atoms in total. The van der Waals surface area contributed by atoms with Crippen molar-refractivity contribution in [3.8, 4) is 11.5 Å². The maximum atomic E-state index is 13.7. The number of carbonyl (C=O) groups excluding carboxylic acids is 3. The molecule has 210 valence electrons. The van der Waals surface area contributed by atoms with Gasteiger partial charge in [0.15, 0.2) is 11.5 Å². The van der Waals surface area contributed by atoms with Crippen LogP contribution in [-0.4, -0.2) is 84.4 Å². The molecule has 0 spiro atoms. The molecule has 3 N–H and O–H groups in total. The standard InChI is InChI=1S/C27H31IN2O9/c1-36-23-10-17(14-32)9-19(28)25(23)39-22-12-18(26(34)29-5-6-31)11-20(24(22)33)30(13-16-4-8-37-15-16)27(35)21-3-2-7-38-21/h4,8-10,12,14-15,20-22,24,31,33H,2-3,5-7,11,13H2,1H3,(H,29,34). The highest BCUT2D eigenvalue weighted by Gasteiger charge is 2.43. The molecule has 39 heavy (non-hydrogen) atoms. The molecule has 4 rings (SSSR count). The zero-order valence-corrected chi connectivity index (χ0v) is 23.5. The van der Waals surface area contributed by atoms with Gasteiger partial charge < -0.3 is 39.1 Å². The van der Waals surface area contributed by atoms with Gasteiger partial charge in [0.1, 0.15) is 24.6 Å². The summed E-state index contributed by atoms with van der Waals surface area (Å²) >= 11 is 2.00. The van der Waals surface area contributed by atoms with E-state index in [1.165, 1.54) is 36.7 Å². The van der Waals surface area contributed by atoms with Crippen molar-refractivity contribution >= 4 is 40.7 Å². The first-order chi connectivity index (χ1) is 18.9. The van der Waals surface area contributed by atoms with E-state index in [0.717, 1.165) is 6.42 Å². The number of hydrogen-bond donors (Lipinski definition) is 3. The Morgan fingerprint density at radius 3 is 2.79 bits per heavy atom. The summed E-state index contributed by atoms with van der Waals surface area (Å²) in [4.78, 5) is 39.5. The van der Waals surface area contributed by atoms with E-state index in [2.05, 4.69) is 5.32 Å². The van der Waals surface area contributed by atoms with Crippen molar-refractivity contribution < 1.29 is 43.2 Å². The predicted molar refractivity (Wildman–Crippen MR) is 146 cm³/mol. The van der Waals surface area contributed by atoms with Gasteiger partial charge >= 0.3 is 0 Å². The molecular weight excluding hydrogens is 623 g/mol. The highest BCUT2D eigenvalue weighted by atomic mass is 127. The van der Waals surface area contributed by atoms with Gasteiger partial charge in [0.25, 0.3) is 5.91 Å². The highest BCUT2D eigenvalue weighted by molar-refractivity contribution is 14.1. The van der Waals surface area contributed by atoms with Gasteiger partial charge in [-0.1, -0.05) is 0 Å². The van der Waals surface area contributed by atoms with Crippen LogP contribution in [0.3, 0.4) is 0 Å². The lowest BCUT2D eigenvalue weighted by molar-refractivity contribution is -0.149. The first-order valence-electron chi connectivity index (χ1n) is 12.6. The van der Waals surface area contributed by atoms with E-state index in [4.69, 9.17) is 18.6 Å². The van der Waals surface area contributed by atoms with Gasteiger partial charge in [-0.2, -0.15) is 0 Å². The van der Waals surface area contributed by atoms with Crippen molar-refractivity contribution in [2.75, 3.05) is 26.9 Å². The van der Waals surface area contributed by atoms with Crippen LogP contribution in [0.5, 0.6) is 11.5 Å². The number of halogens is 1. The van der Waals surface area contributed by atoms with Crippen molar-refractivity contribution in [3.05, 3.63) is 57.1 Å². The third-order valence-electron chi connectivity index (χ3n) is 6.68. The number of methoxy groups -OCH3 is 1. The highest BCUT2D eigenvalue weighted by Crippen LogP contribution is 2.37. The largest absolute Gasteiger partial charge is 0.493 e. The molecule has 0 bridgehead atoms. The second kappa shape index (κ2) is 13.4. The van der Waals surface area contributed by atoms with Gasteiger partial charge in [-0.05, 0) is 59.7 Å². The summed E-state index contributed by atoms with van der Waals surface area (Å²) in [6.45, 7) is 0.400. The third kappa shape index (κ3) is 6.80. The van der Waals surface area contributed by atoms with E-state index < -0.39 is 30.3 Å². The number of rotatable bonds is 11. The normalized spacial score (nSPS) is 22.6. The van der Waals surface area contributed by atoms with Crippen LogP contribution >= 0.6 is 22.6 Å². The molecule has 0 radical (unpaired) electrons. The van der Waals surface area contributed by atoms with Crippen LogP contribution in [0.15, 0.2) is 46.8 Å². The van der Waals surface area contributed by atoms with E-state index in [1.54, 1.807) is 12.1 Å². The Labute approximate surface area is 239 Å². The number of carbonyl (C=O) groups is 3. The molecule has 1 aliphatic carbocycles. The number of nitrogens with zero attached hydrogens (tertiary/aromatic N) is 1. The Bertz CT molecular complexity index is 1190. The Hall–Kier alpha value is -2.94. The van der Waals surface area contributed by atoms with E-state index in [1.807, 2.05) is 22.6 Å². The number of amides is 2. The van der Waals surface area contributed by atoms with Gasteiger partial charge in [-0.25, -0.2) is 0 Å². The fourth-order valence-electron chi connectivity index (χ4n) is 4.73. The number of ether oxygens (including phenoxy) is 3. The molecule has 1 aromatic heterocycles. The Balaban J connectivity index is 1.71. The summed E-state index contributed by atoms with van der Waals surface area (Å²) < 4.78 is 23.1. The number of aldehydes is 1. The van der Waals surface area contributed by atoms with E-state index in [0.29, 0.717) is 39.6 Å². The van der Waals surface area contributed by atoms with Gasteiger partial charge in [-0.15, -0.1) is 0 Å². The molecule has 4 unspecified atom stereocenters. The average molecular weight is 654 g/mol. The third-order valence-corrected chi connectivity index (χ3v) is 7.48. The molecular formula is C27H31IN2O9. The van der Waals surface area contributed by atoms with Crippen molar-refractivity contribution in [3.63, 3.8) is 0 Å². The molecule has 2 aromatic rings. The fraction of sp³-hybridized carbons (Fsp3) is 0.444. The molecule has 1 saturated heterocycles. The molecule has 1 aromatic carbocycles. The zero-order valence-electron chi connectivity index (χ0n) is 21.4. The molecule has 2 heterocycles. The molecule has 2 aliphatic rings. The topological polar surface area (TPSA) is 148 Å². The van der Waals surface area contributed by atoms with Crippen molar-refractivity contribution in [1.82, 2.24) is 10.2 Å². The zero-order chi connectivity index (χ0) is 27.9. The SMILES string of the molecule is COc1cc(C=O)cc(I)c1OC1C=C(C(=O)NCCO)CC(N(Cc2ccoc2)C(=O)C2CCCO2)C1O. The van der Waals surface area contributed by atoms with Gasteiger partial charge in [0, 0.05) is 42.8 Å².